The first-order valence-corrected chi connectivity index (χ1v) is 11.9. The summed E-state index contributed by atoms with van der Waals surface area (Å²) >= 11 is 1.20. The molecule has 0 fully saturated rings. The molecule has 0 saturated heterocycles. The van der Waals surface area contributed by atoms with Crippen molar-refractivity contribution >= 4 is 28.1 Å². The molecule has 2 N–H and O–H groups in total. The molecule has 0 aliphatic rings. The van der Waals surface area contributed by atoms with Gasteiger partial charge in [0.25, 0.3) is 0 Å². The van der Waals surface area contributed by atoms with E-state index in [2.05, 4.69) is 10.1 Å². The van der Waals surface area contributed by atoms with Gasteiger partial charge in [0, 0.05) is 22.1 Å². The van der Waals surface area contributed by atoms with E-state index in [0.29, 0.717) is 10.9 Å². The van der Waals surface area contributed by atoms with Crippen LogP contribution < -0.4 is 10.5 Å². The van der Waals surface area contributed by atoms with Gasteiger partial charge >= 0.3 is 5.97 Å². The number of rotatable bonds is 9. The Kier molecular flexibility index (Phi) is 7.42. The third-order valence-electron chi connectivity index (χ3n) is 5.36. The average molecular weight is 488 g/mol. The van der Waals surface area contributed by atoms with Crippen molar-refractivity contribution in [2.24, 2.45) is 5.16 Å². The number of ether oxygens (including phenoxy) is 2. The third-order valence-corrected chi connectivity index (χ3v) is 6.04. The highest BCUT2D eigenvalue weighted by Crippen LogP contribution is 2.41. The minimum atomic E-state index is -1.19. The molecule has 0 spiro atoms. The fraction of sp³-hybridized carbons (Fsp3) is 0.148. The van der Waals surface area contributed by atoms with Gasteiger partial charge in [0.05, 0.1) is 13.7 Å². The van der Waals surface area contributed by atoms with Gasteiger partial charge in [0.15, 0.2) is 5.13 Å². The SMILES string of the molecule is CCOC(=O)C(=NOC(c1ccccc1)(c1ccccc1)c1ccc(OC)cc1)c1csc(N)n1. The molecule has 8 heteroatoms. The van der Waals surface area contributed by atoms with Gasteiger partial charge < -0.3 is 20.0 Å². The van der Waals surface area contributed by atoms with E-state index in [4.69, 9.17) is 20.0 Å². The highest BCUT2D eigenvalue weighted by atomic mass is 32.1. The number of nitrogens with two attached hydrogens (primary N) is 1. The van der Waals surface area contributed by atoms with Crippen molar-refractivity contribution in [2.75, 3.05) is 19.5 Å². The fourth-order valence-corrected chi connectivity index (χ4v) is 4.28. The van der Waals surface area contributed by atoms with Gasteiger partial charge in [-0.05, 0) is 19.1 Å². The van der Waals surface area contributed by atoms with Gasteiger partial charge in [-0.1, -0.05) is 78.0 Å². The predicted molar refractivity (Wildman–Crippen MR) is 137 cm³/mol. The number of hydrogen-bond acceptors (Lipinski definition) is 8. The van der Waals surface area contributed by atoms with Crippen molar-refractivity contribution in [3.63, 3.8) is 0 Å². The van der Waals surface area contributed by atoms with Crippen molar-refractivity contribution in [2.45, 2.75) is 12.5 Å². The number of thiazole rings is 1. The molecule has 3 aromatic carbocycles. The maximum absolute atomic E-state index is 12.8. The summed E-state index contributed by atoms with van der Waals surface area (Å²) in [5.41, 5.74) is 7.29. The minimum absolute atomic E-state index is 0.0652. The van der Waals surface area contributed by atoms with Crippen LogP contribution in [0, 0.1) is 0 Å². The van der Waals surface area contributed by atoms with E-state index in [0.717, 1.165) is 16.7 Å². The first-order chi connectivity index (χ1) is 17.1. The van der Waals surface area contributed by atoms with Crippen LogP contribution in [0.2, 0.25) is 0 Å². The van der Waals surface area contributed by atoms with Gasteiger partial charge in [0.1, 0.15) is 11.4 Å². The number of methoxy groups -OCH3 is 1. The smallest absolute Gasteiger partial charge is 0.362 e. The van der Waals surface area contributed by atoms with Crippen molar-refractivity contribution in [3.8, 4) is 5.75 Å². The van der Waals surface area contributed by atoms with Crippen molar-refractivity contribution in [1.82, 2.24) is 4.98 Å². The monoisotopic (exact) mass is 487 g/mol. The number of benzene rings is 3. The Balaban J connectivity index is 1.94. The van der Waals surface area contributed by atoms with Gasteiger partial charge in [-0.15, -0.1) is 11.3 Å². The normalized spacial score (nSPS) is 11.7. The zero-order valence-corrected chi connectivity index (χ0v) is 20.2. The Morgan fingerprint density at radius 1 is 0.943 bits per heavy atom. The Morgan fingerprint density at radius 3 is 2.00 bits per heavy atom. The van der Waals surface area contributed by atoms with Gasteiger partial charge in [0.2, 0.25) is 11.3 Å². The first kappa shape index (κ1) is 24.0. The molecule has 7 nitrogen and oxygen atoms in total. The van der Waals surface area contributed by atoms with Gasteiger partial charge in [-0.25, -0.2) is 9.78 Å². The van der Waals surface area contributed by atoms with Crippen LogP contribution in [0.4, 0.5) is 5.13 Å². The van der Waals surface area contributed by atoms with Crippen LogP contribution in [0.25, 0.3) is 0 Å². The van der Waals surface area contributed by atoms with Crippen molar-refractivity contribution in [1.29, 1.82) is 0 Å². The zero-order valence-electron chi connectivity index (χ0n) is 19.4. The molecular formula is C27H25N3O4S. The molecule has 1 aromatic heterocycles. The van der Waals surface area contributed by atoms with Crippen LogP contribution in [0.1, 0.15) is 29.3 Å². The number of anilines is 1. The third kappa shape index (κ3) is 5.02. The topological polar surface area (TPSA) is 96.0 Å². The molecule has 0 saturated carbocycles. The molecule has 35 heavy (non-hydrogen) atoms. The number of carbonyl (C=O) groups excluding carboxylic acids is 1. The molecule has 0 unspecified atom stereocenters. The van der Waals surface area contributed by atoms with Crippen LogP contribution in [0.3, 0.4) is 0 Å². The second-order valence-corrected chi connectivity index (χ2v) is 8.35. The van der Waals surface area contributed by atoms with Gasteiger partial charge in [-0.2, -0.15) is 0 Å². The Labute approximate surface area is 207 Å². The largest absolute Gasteiger partial charge is 0.497 e. The lowest BCUT2D eigenvalue weighted by molar-refractivity contribution is -0.135. The van der Waals surface area contributed by atoms with Crippen LogP contribution in [-0.2, 0) is 20.0 Å². The number of nitrogens with zero attached hydrogens (tertiary/aromatic N) is 2. The highest BCUT2D eigenvalue weighted by molar-refractivity contribution is 7.13. The summed E-state index contributed by atoms with van der Waals surface area (Å²) in [5.74, 6) is 0.0555. The number of carbonyl (C=O) groups is 1. The fourth-order valence-electron chi connectivity index (χ4n) is 3.73. The lowest BCUT2D eigenvalue weighted by atomic mass is 9.80. The quantitative estimate of drug-likeness (QED) is 0.154. The predicted octanol–water partition coefficient (Wildman–Crippen LogP) is 5.01. The second-order valence-electron chi connectivity index (χ2n) is 7.46. The van der Waals surface area contributed by atoms with Crippen LogP contribution in [-0.4, -0.2) is 30.4 Å². The van der Waals surface area contributed by atoms with Crippen LogP contribution in [0.15, 0.2) is 95.5 Å². The molecule has 0 bridgehead atoms. The standard InChI is InChI=1S/C27H25N3O4S/c1-3-33-25(31)24(23-18-35-26(28)29-23)30-34-27(19-10-6-4-7-11-19,20-12-8-5-9-13-20)21-14-16-22(32-2)17-15-21/h4-18H,3H2,1-2H3,(H2,28,29). The summed E-state index contributed by atoms with van der Waals surface area (Å²) in [6.45, 7) is 1.90. The van der Waals surface area contributed by atoms with E-state index in [1.54, 1.807) is 19.4 Å². The summed E-state index contributed by atoms with van der Waals surface area (Å²) in [4.78, 5) is 23.5. The molecule has 1 heterocycles. The van der Waals surface area contributed by atoms with Gasteiger partial charge in [-0.3, -0.25) is 0 Å². The summed E-state index contributed by atoms with van der Waals surface area (Å²) < 4.78 is 10.6. The summed E-state index contributed by atoms with van der Waals surface area (Å²) in [7, 11) is 1.61. The number of hydrogen-bond donors (Lipinski definition) is 1. The van der Waals surface area contributed by atoms with E-state index in [1.165, 1.54) is 11.3 Å². The summed E-state index contributed by atoms with van der Waals surface area (Å²) in [6.07, 6.45) is 0. The molecule has 0 aliphatic heterocycles. The maximum Gasteiger partial charge on any atom is 0.362 e. The Hall–Kier alpha value is -4.17. The molecule has 178 valence electrons. The molecule has 0 radical (unpaired) electrons. The second kappa shape index (κ2) is 10.8. The average Bonchev–Trinajstić information content (AvgIpc) is 3.33. The lowest BCUT2D eigenvalue weighted by Crippen LogP contribution is -2.32. The van der Waals surface area contributed by atoms with Crippen molar-refractivity contribution < 1.29 is 19.1 Å². The molecule has 0 amide bonds. The molecule has 0 aliphatic carbocycles. The number of oxime groups is 1. The molecule has 4 aromatic rings. The molecule has 0 atom stereocenters. The van der Waals surface area contributed by atoms with Crippen molar-refractivity contribution in [3.05, 3.63) is 113 Å². The number of nitrogen functional groups attached to an aromatic ring is 1. The maximum atomic E-state index is 12.8. The number of esters is 1. The van der Waals surface area contributed by atoms with Crippen LogP contribution in [0.5, 0.6) is 5.75 Å². The molecular weight excluding hydrogens is 462 g/mol. The molecule has 4 rings (SSSR count). The van der Waals surface area contributed by atoms with E-state index in [9.17, 15) is 4.79 Å². The van der Waals surface area contributed by atoms with E-state index < -0.39 is 11.6 Å². The Morgan fingerprint density at radius 2 is 1.51 bits per heavy atom. The minimum Gasteiger partial charge on any atom is -0.497 e. The first-order valence-electron chi connectivity index (χ1n) is 11.0. The highest BCUT2D eigenvalue weighted by Gasteiger charge is 2.40. The van der Waals surface area contributed by atoms with Crippen LogP contribution >= 0.6 is 11.3 Å². The van der Waals surface area contributed by atoms with E-state index in [-0.39, 0.29) is 18.0 Å². The summed E-state index contributed by atoms with van der Waals surface area (Å²) in [5, 5.41) is 6.33. The van der Waals surface area contributed by atoms with E-state index in [1.807, 2.05) is 84.9 Å². The number of aromatic nitrogens is 1. The lowest BCUT2D eigenvalue weighted by Gasteiger charge is -2.33. The summed E-state index contributed by atoms with van der Waals surface area (Å²) in [6, 6.07) is 26.9. The Bertz CT molecular complexity index is 1250. The van der Waals surface area contributed by atoms with E-state index >= 15 is 0 Å². The zero-order chi connectivity index (χ0) is 24.7.